The second-order valence-corrected chi connectivity index (χ2v) is 7.38. The molecule has 1 aliphatic heterocycles. The molecule has 3 aromatic rings. The van der Waals surface area contributed by atoms with E-state index in [1.54, 1.807) is 6.08 Å². The van der Waals surface area contributed by atoms with Crippen molar-refractivity contribution in [2.45, 2.75) is 26.2 Å². The number of ether oxygens (including phenoxy) is 2. The molecule has 2 heterocycles. The molecular weight excluding hydrogens is 394 g/mol. The van der Waals surface area contributed by atoms with E-state index < -0.39 is 5.97 Å². The van der Waals surface area contributed by atoms with Crippen LogP contribution in [0.1, 0.15) is 28.0 Å². The lowest BCUT2D eigenvalue weighted by molar-refractivity contribution is -0.134. The van der Waals surface area contributed by atoms with Crippen LogP contribution in [0.3, 0.4) is 0 Å². The topological polar surface area (TPSA) is 69.0 Å². The molecule has 0 fully saturated rings. The highest BCUT2D eigenvalue weighted by atomic mass is 16.5. The SMILES string of the molecule is COC(=O)/C=C/c1ccc(COc2coc(CN3Cc4ccccc4C3)cc2=O)cc1. The van der Waals surface area contributed by atoms with Crippen LogP contribution in [0.5, 0.6) is 5.75 Å². The van der Waals surface area contributed by atoms with Gasteiger partial charge in [0, 0.05) is 25.2 Å². The van der Waals surface area contributed by atoms with Crippen LogP contribution in [-0.2, 0) is 35.8 Å². The molecule has 0 unspecified atom stereocenters. The van der Waals surface area contributed by atoms with Crippen LogP contribution in [0.25, 0.3) is 6.08 Å². The normalized spacial score (nSPS) is 13.3. The van der Waals surface area contributed by atoms with Crippen LogP contribution in [0, 0.1) is 0 Å². The Morgan fingerprint density at radius 2 is 1.81 bits per heavy atom. The van der Waals surface area contributed by atoms with Gasteiger partial charge in [-0.25, -0.2) is 4.79 Å². The molecule has 31 heavy (non-hydrogen) atoms. The van der Waals surface area contributed by atoms with E-state index in [1.165, 1.54) is 36.6 Å². The first-order chi connectivity index (χ1) is 15.1. The number of esters is 1. The van der Waals surface area contributed by atoms with Crippen molar-refractivity contribution in [1.82, 2.24) is 4.90 Å². The molecule has 158 valence electrons. The van der Waals surface area contributed by atoms with Crippen molar-refractivity contribution in [2.24, 2.45) is 0 Å². The number of carbonyl (C=O) groups excluding carboxylic acids is 1. The molecule has 0 saturated carbocycles. The first kappa shape index (κ1) is 20.6. The average Bonchev–Trinajstić information content (AvgIpc) is 3.20. The second kappa shape index (κ2) is 9.45. The molecule has 0 bridgehead atoms. The third kappa shape index (κ3) is 5.29. The van der Waals surface area contributed by atoms with Gasteiger partial charge in [0.1, 0.15) is 18.6 Å². The Balaban J connectivity index is 1.32. The number of hydrogen-bond acceptors (Lipinski definition) is 6. The Bertz CT molecular complexity index is 1120. The van der Waals surface area contributed by atoms with Gasteiger partial charge in [-0.15, -0.1) is 0 Å². The Hall–Kier alpha value is -3.64. The molecule has 0 atom stereocenters. The number of carbonyl (C=O) groups is 1. The first-order valence-electron chi connectivity index (χ1n) is 9.99. The summed E-state index contributed by atoms with van der Waals surface area (Å²) in [5.41, 5.74) is 4.19. The highest BCUT2D eigenvalue weighted by Crippen LogP contribution is 2.24. The molecule has 1 aromatic heterocycles. The summed E-state index contributed by atoms with van der Waals surface area (Å²) in [6.45, 7) is 2.52. The lowest BCUT2D eigenvalue weighted by Crippen LogP contribution is -2.17. The minimum atomic E-state index is -0.406. The minimum absolute atomic E-state index is 0.183. The van der Waals surface area contributed by atoms with E-state index >= 15 is 0 Å². The summed E-state index contributed by atoms with van der Waals surface area (Å²) in [4.78, 5) is 25.8. The second-order valence-electron chi connectivity index (χ2n) is 7.38. The van der Waals surface area contributed by atoms with Gasteiger partial charge in [-0.1, -0.05) is 48.5 Å². The van der Waals surface area contributed by atoms with Gasteiger partial charge < -0.3 is 13.9 Å². The van der Waals surface area contributed by atoms with Gasteiger partial charge in [0.15, 0.2) is 0 Å². The largest absolute Gasteiger partial charge is 0.482 e. The van der Waals surface area contributed by atoms with Gasteiger partial charge in [0.05, 0.1) is 13.7 Å². The van der Waals surface area contributed by atoms with Crippen LogP contribution >= 0.6 is 0 Å². The molecule has 4 rings (SSSR count). The monoisotopic (exact) mass is 417 g/mol. The third-order valence-electron chi connectivity index (χ3n) is 5.13. The lowest BCUT2D eigenvalue weighted by Gasteiger charge is -2.14. The lowest BCUT2D eigenvalue weighted by atomic mass is 10.1. The maximum atomic E-state index is 12.4. The fourth-order valence-electron chi connectivity index (χ4n) is 3.48. The number of rotatable bonds is 7. The maximum Gasteiger partial charge on any atom is 0.330 e. The standard InChI is InChI=1S/C25H23NO5/c1-29-25(28)11-10-18-6-8-19(9-7-18)16-31-24-17-30-22(12-23(24)27)15-26-13-20-4-2-3-5-21(20)14-26/h2-12,17H,13-16H2,1H3/b11-10+. The Kier molecular flexibility index (Phi) is 6.29. The van der Waals surface area contributed by atoms with Crippen LogP contribution in [0.2, 0.25) is 0 Å². The Labute approximate surface area is 180 Å². The van der Waals surface area contributed by atoms with Crippen molar-refractivity contribution in [3.63, 3.8) is 0 Å². The van der Waals surface area contributed by atoms with E-state index in [-0.39, 0.29) is 17.8 Å². The van der Waals surface area contributed by atoms with Gasteiger partial charge >= 0.3 is 5.97 Å². The molecule has 0 spiro atoms. The van der Waals surface area contributed by atoms with Gasteiger partial charge in [-0.2, -0.15) is 0 Å². The van der Waals surface area contributed by atoms with E-state index in [4.69, 9.17) is 9.15 Å². The zero-order valence-electron chi connectivity index (χ0n) is 17.2. The van der Waals surface area contributed by atoms with Crippen molar-refractivity contribution < 1.29 is 18.7 Å². The third-order valence-corrected chi connectivity index (χ3v) is 5.13. The van der Waals surface area contributed by atoms with Gasteiger partial charge in [-0.05, 0) is 28.3 Å². The van der Waals surface area contributed by atoms with E-state index in [9.17, 15) is 9.59 Å². The average molecular weight is 417 g/mol. The van der Waals surface area contributed by atoms with Crippen molar-refractivity contribution >= 4 is 12.0 Å². The van der Waals surface area contributed by atoms with Gasteiger partial charge in [0.25, 0.3) is 0 Å². The predicted molar refractivity (Wildman–Crippen MR) is 116 cm³/mol. The summed E-state index contributed by atoms with van der Waals surface area (Å²) < 4.78 is 15.9. The molecular formula is C25H23NO5. The van der Waals surface area contributed by atoms with E-state index in [1.807, 2.05) is 36.4 Å². The fraction of sp³-hybridized carbons (Fsp3) is 0.200. The zero-order chi connectivity index (χ0) is 21.6. The molecule has 2 aromatic carbocycles. The molecule has 0 radical (unpaired) electrons. The van der Waals surface area contributed by atoms with E-state index in [0.717, 1.165) is 24.2 Å². The number of methoxy groups -OCH3 is 1. The minimum Gasteiger partial charge on any atom is -0.482 e. The first-order valence-corrected chi connectivity index (χ1v) is 9.99. The summed E-state index contributed by atoms with van der Waals surface area (Å²) in [6.07, 6.45) is 4.41. The molecule has 0 amide bonds. The molecule has 6 heteroatoms. The van der Waals surface area contributed by atoms with Crippen LogP contribution in [0.4, 0.5) is 0 Å². The van der Waals surface area contributed by atoms with Crippen molar-refractivity contribution in [3.8, 4) is 5.75 Å². The quantitative estimate of drug-likeness (QED) is 0.429. The number of benzene rings is 2. The number of nitrogens with zero attached hydrogens (tertiary/aromatic N) is 1. The fourth-order valence-corrected chi connectivity index (χ4v) is 3.48. The van der Waals surface area contributed by atoms with Crippen molar-refractivity contribution in [1.29, 1.82) is 0 Å². The molecule has 0 aliphatic carbocycles. The molecule has 6 nitrogen and oxygen atoms in total. The van der Waals surface area contributed by atoms with Crippen molar-refractivity contribution in [2.75, 3.05) is 7.11 Å². The van der Waals surface area contributed by atoms with Gasteiger partial charge in [0.2, 0.25) is 11.2 Å². The predicted octanol–water partition coefficient (Wildman–Crippen LogP) is 3.92. The smallest absolute Gasteiger partial charge is 0.330 e. The Morgan fingerprint density at radius 3 is 2.45 bits per heavy atom. The van der Waals surface area contributed by atoms with Crippen LogP contribution in [-0.4, -0.2) is 18.0 Å². The molecule has 1 aliphatic rings. The van der Waals surface area contributed by atoms with E-state index in [0.29, 0.717) is 12.3 Å². The highest BCUT2D eigenvalue weighted by Gasteiger charge is 2.19. The molecule has 0 saturated heterocycles. The van der Waals surface area contributed by atoms with Gasteiger partial charge in [-0.3, -0.25) is 9.69 Å². The summed E-state index contributed by atoms with van der Waals surface area (Å²) in [7, 11) is 1.34. The number of hydrogen-bond donors (Lipinski definition) is 0. The van der Waals surface area contributed by atoms with Crippen LogP contribution < -0.4 is 10.2 Å². The zero-order valence-corrected chi connectivity index (χ0v) is 17.2. The number of fused-ring (bicyclic) bond motifs is 1. The maximum absolute atomic E-state index is 12.4. The Morgan fingerprint density at radius 1 is 1.10 bits per heavy atom. The summed E-state index contributed by atoms with van der Waals surface area (Å²) >= 11 is 0. The summed E-state index contributed by atoms with van der Waals surface area (Å²) in [5.74, 6) is 0.395. The van der Waals surface area contributed by atoms with E-state index in [2.05, 4.69) is 21.8 Å². The van der Waals surface area contributed by atoms with Crippen molar-refractivity contribution in [3.05, 3.63) is 105 Å². The summed E-state index contributed by atoms with van der Waals surface area (Å²) in [6, 6.07) is 17.3. The van der Waals surface area contributed by atoms with Crippen LogP contribution in [0.15, 0.2) is 76.1 Å². The summed E-state index contributed by atoms with van der Waals surface area (Å²) in [5, 5.41) is 0. The molecule has 0 N–H and O–H groups in total. The highest BCUT2D eigenvalue weighted by molar-refractivity contribution is 5.86.